The smallest absolute Gasteiger partial charge is 0.339 e. The minimum atomic E-state index is -0.499. The van der Waals surface area contributed by atoms with Crippen molar-refractivity contribution in [3.8, 4) is 0 Å². The molecule has 0 bridgehead atoms. The van der Waals surface area contributed by atoms with Gasteiger partial charge in [-0.05, 0) is 26.0 Å². The number of aromatic amines is 1. The van der Waals surface area contributed by atoms with Crippen molar-refractivity contribution >= 4 is 17.6 Å². The third-order valence-corrected chi connectivity index (χ3v) is 2.94. The number of methoxy groups -OCH3 is 1. The number of nitrogens with zero attached hydrogens (tertiary/aromatic N) is 1. The van der Waals surface area contributed by atoms with Crippen molar-refractivity contribution in [1.29, 1.82) is 0 Å². The number of anilines is 1. The SMILES string of the molecule is COC(=O)c1ccccc1NC(=O)c1c(C)n[nH]c1C. The summed E-state index contributed by atoms with van der Waals surface area (Å²) in [6.07, 6.45) is 0. The van der Waals surface area contributed by atoms with E-state index in [2.05, 4.69) is 20.3 Å². The zero-order valence-corrected chi connectivity index (χ0v) is 11.5. The van der Waals surface area contributed by atoms with Crippen LogP contribution in [-0.2, 0) is 4.74 Å². The number of aryl methyl sites for hydroxylation is 2. The summed E-state index contributed by atoms with van der Waals surface area (Å²) in [7, 11) is 1.30. The highest BCUT2D eigenvalue weighted by atomic mass is 16.5. The summed E-state index contributed by atoms with van der Waals surface area (Å²) in [5, 5.41) is 9.43. The van der Waals surface area contributed by atoms with E-state index in [4.69, 9.17) is 0 Å². The first kappa shape index (κ1) is 13.8. The molecule has 0 atom stereocenters. The van der Waals surface area contributed by atoms with Crippen LogP contribution in [0.15, 0.2) is 24.3 Å². The molecule has 1 amide bonds. The highest BCUT2D eigenvalue weighted by molar-refractivity contribution is 6.09. The maximum Gasteiger partial charge on any atom is 0.339 e. The largest absolute Gasteiger partial charge is 0.465 e. The van der Waals surface area contributed by atoms with Gasteiger partial charge in [0.15, 0.2) is 0 Å². The van der Waals surface area contributed by atoms with Crippen LogP contribution in [0.3, 0.4) is 0 Å². The van der Waals surface area contributed by atoms with Gasteiger partial charge in [0.1, 0.15) is 0 Å². The van der Waals surface area contributed by atoms with E-state index in [1.54, 1.807) is 38.1 Å². The second kappa shape index (κ2) is 5.56. The Hall–Kier alpha value is -2.63. The number of hydrogen-bond acceptors (Lipinski definition) is 4. The minimum Gasteiger partial charge on any atom is -0.465 e. The van der Waals surface area contributed by atoms with Crippen molar-refractivity contribution in [2.45, 2.75) is 13.8 Å². The van der Waals surface area contributed by atoms with Gasteiger partial charge in [0.05, 0.1) is 29.6 Å². The van der Waals surface area contributed by atoms with Gasteiger partial charge >= 0.3 is 5.97 Å². The van der Waals surface area contributed by atoms with Gasteiger partial charge in [0.2, 0.25) is 0 Å². The summed E-state index contributed by atoms with van der Waals surface area (Å²) >= 11 is 0. The molecule has 1 aromatic carbocycles. The number of ether oxygens (including phenoxy) is 1. The average molecular weight is 273 g/mol. The molecule has 0 fully saturated rings. The molecule has 0 saturated carbocycles. The van der Waals surface area contributed by atoms with Crippen LogP contribution in [0.5, 0.6) is 0 Å². The van der Waals surface area contributed by atoms with Crippen molar-refractivity contribution in [3.63, 3.8) is 0 Å². The zero-order chi connectivity index (χ0) is 14.7. The summed E-state index contributed by atoms with van der Waals surface area (Å²) in [4.78, 5) is 23.9. The van der Waals surface area contributed by atoms with E-state index in [0.717, 1.165) is 0 Å². The van der Waals surface area contributed by atoms with Crippen LogP contribution in [0.25, 0.3) is 0 Å². The Labute approximate surface area is 116 Å². The lowest BCUT2D eigenvalue weighted by atomic mass is 10.1. The van der Waals surface area contributed by atoms with Gasteiger partial charge in [-0.3, -0.25) is 9.89 Å². The number of rotatable bonds is 3. The van der Waals surface area contributed by atoms with Gasteiger partial charge in [-0.1, -0.05) is 12.1 Å². The molecule has 6 nitrogen and oxygen atoms in total. The van der Waals surface area contributed by atoms with Crippen molar-refractivity contribution in [1.82, 2.24) is 10.2 Å². The Kier molecular flexibility index (Phi) is 3.84. The number of carbonyl (C=O) groups excluding carboxylic acids is 2. The van der Waals surface area contributed by atoms with E-state index >= 15 is 0 Å². The highest BCUT2D eigenvalue weighted by Crippen LogP contribution is 2.18. The van der Waals surface area contributed by atoms with Crippen LogP contribution >= 0.6 is 0 Å². The Morgan fingerprint density at radius 1 is 1.25 bits per heavy atom. The highest BCUT2D eigenvalue weighted by Gasteiger charge is 2.18. The first-order valence-electron chi connectivity index (χ1n) is 6.05. The normalized spacial score (nSPS) is 10.2. The summed E-state index contributed by atoms with van der Waals surface area (Å²) in [6.45, 7) is 3.51. The van der Waals surface area contributed by atoms with Crippen LogP contribution in [0, 0.1) is 13.8 Å². The molecule has 2 rings (SSSR count). The minimum absolute atomic E-state index is 0.308. The van der Waals surface area contributed by atoms with Gasteiger partial charge in [0, 0.05) is 5.69 Å². The fraction of sp³-hybridized carbons (Fsp3) is 0.214. The number of amides is 1. The van der Waals surface area contributed by atoms with Crippen LogP contribution in [0.4, 0.5) is 5.69 Å². The molecular weight excluding hydrogens is 258 g/mol. The van der Waals surface area contributed by atoms with Crippen LogP contribution in [-0.4, -0.2) is 29.2 Å². The number of H-pyrrole nitrogens is 1. The maximum absolute atomic E-state index is 12.3. The Balaban J connectivity index is 2.31. The third kappa shape index (κ3) is 2.54. The third-order valence-electron chi connectivity index (χ3n) is 2.94. The topological polar surface area (TPSA) is 84.1 Å². The second-order valence-corrected chi connectivity index (χ2v) is 4.30. The van der Waals surface area contributed by atoms with E-state index in [1.165, 1.54) is 7.11 Å². The van der Waals surface area contributed by atoms with E-state index in [1.807, 2.05) is 0 Å². The fourth-order valence-corrected chi connectivity index (χ4v) is 1.95. The van der Waals surface area contributed by atoms with Crippen molar-refractivity contribution < 1.29 is 14.3 Å². The molecule has 2 aromatic rings. The predicted octanol–water partition coefficient (Wildman–Crippen LogP) is 2.07. The van der Waals surface area contributed by atoms with Gasteiger partial charge in [-0.2, -0.15) is 5.10 Å². The number of esters is 1. The van der Waals surface area contributed by atoms with Crippen LogP contribution in [0.2, 0.25) is 0 Å². The molecule has 0 spiro atoms. The molecule has 104 valence electrons. The number of benzene rings is 1. The second-order valence-electron chi connectivity index (χ2n) is 4.30. The number of aromatic nitrogens is 2. The molecule has 0 aliphatic rings. The quantitative estimate of drug-likeness (QED) is 0.838. The molecule has 20 heavy (non-hydrogen) atoms. The average Bonchev–Trinajstić information content (AvgIpc) is 2.78. The summed E-state index contributed by atoms with van der Waals surface area (Å²) in [5.41, 5.74) is 2.47. The number of carbonyl (C=O) groups is 2. The van der Waals surface area contributed by atoms with E-state index in [-0.39, 0.29) is 5.91 Å². The van der Waals surface area contributed by atoms with Gasteiger partial charge in [-0.15, -0.1) is 0 Å². The Bertz CT molecular complexity index is 642. The summed E-state index contributed by atoms with van der Waals surface area (Å²) < 4.78 is 4.69. The zero-order valence-electron chi connectivity index (χ0n) is 11.5. The molecule has 0 unspecified atom stereocenters. The molecule has 1 aromatic heterocycles. The predicted molar refractivity (Wildman–Crippen MR) is 73.8 cm³/mol. The van der Waals surface area contributed by atoms with Crippen molar-refractivity contribution in [2.24, 2.45) is 0 Å². The molecule has 0 aliphatic heterocycles. The monoisotopic (exact) mass is 273 g/mol. The number of para-hydroxylation sites is 1. The summed E-state index contributed by atoms with van der Waals surface area (Å²) in [5.74, 6) is -0.813. The van der Waals surface area contributed by atoms with Gasteiger partial charge in [-0.25, -0.2) is 4.79 Å². The maximum atomic E-state index is 12.3. The first-order valence-corrected chi connectivity index (χ1v) is 6.05. The van der Waals surface area contributed by atoms with Crippen molar-refractivity contribution in [2.75, 3.05) is 12.4 Å². The molecule has 2 N–H and O–H groups in total. The van der Waals surface area contributed by atoms with E-state index < -0.39 is 5.97 Å². The van der Waals surface area contributed by atoms with Gasteiger partial charge < -0.3 is 10.1 Å². The van der Waals surface area contributed by atoms with Gasteiger partial charge in [0.25, 0.3) is 5.91 Å². The lowest BCUT2D eigenvalue weighted by molar-refractivity contribution is 0.0602. The van der Waals surface area contributed by atoms with E-state index in [9.17, 15) is 9.59 Å². The number of hydrogen-bond donors (Lipinski definition) is 2. The molecule has 6 heteroatoms. The molecule has 0 aliphatic carbocycles. The lowest BCUT2D eigenvalue weighted by Gasteiger charge is -2.09. The molecule has 0 saturated heterocycles. The lowest BCUT2D eigenvalue weighted by Crippen LogP contribution is -2.16. The fourth-order valence-electron chi connectivity index (χ4n) is 1.95. The first-order chi connectivity index (χ1) is 9.54. The van der Waals surface area contributed by atoms with E-state index in [0.29, 0.717) is 28.2 Å². The Morgan fingerprint density at radius 3 is 2.55 bits per heavy atom. The standard InChI is InChI=1S/C14H15N3O3/c1-8-12(9(2)17-16-8)13(18)15-11-7-5-4-6-10(11)14(19)20-3/h4-7H,1-3H3,(H,15,18)(H,16,17). The van der Waals surface area contributed by atoms with Crippen LogP contribution < -0.4 is 5.32 Å². The number of nitrogens with one attached hydrogen (secondary N) is 2. The summed E-state index contributed by atoms with van der Waals surface area (Å²) in [6, 6.07) is 6.68. The molecular formula is C14H15N3O3. The Morgan fingerprint density at radius 2 is 1.95 bits per heavy atom. The molecule has 1 heterocycles. The van der Waals surface area contributed by atoms with Crippen molar-refractivity contribution in [3.05, 3.63) is 46.8 Å². The molecule has 0 radical (unpaired) electrons. The van der Waals surface area contributed by atoms with Crippen LogP contribution in [0.1, 0.15) is 32.1 Å².